The SMILES string of the molecule is CCCCC(C(=O)OC)N1CCCC(OCCC)C1. The summed E-state index contributed by atoms with van der Waals surface area (Å²) in [5.41, 5.74) is 0. The summed E-state index contributed by atoms with van der Waals surface area (Å²) in [6.45, 7) is 6.94. The van der Waals surface area contributed by atoms with Gasteiger partial charge in [0.05, 0.1) is 13.2 Å². The van der Waals surface area contributed by atoms with Gasteiger partial charge in [0.1, 0.15) is 6.04 Å². The van der Waals surface area contributed by atoms with Crippen LogP contribution in [0.1, 0.15) is 52.4 Å². The molecule has 2 atom stereocenters. The van der Waals surface area contributed by atoms with E-state index >= 15 is 0 Å². The zero-order chi connectivity index (χ0) is 14.1. The van der Waals surface area contributed by atoms with Crippen LogP contribution in [-0.4, -0.2) is 49.8 Å². The number of nitrogens with zero attached hydrogens (tertiary/aromatic N) is 1. The van der Waals surface area contributed by atoms with Gasteiger partial charge in [-0.1, -0.05) is 26.7 Å². The van der Waals surface area contributed by atoms with E-state index in [0.29, 0.717) is 0 Å². The second-order valence-electron chi connectivity index (χ2n) is 5.31. The number of carbonyl (C=O) groups excluding carboxylic acids is 1. The smallest absolute Gasteiger partial charge is 0.323 e. The van der Waals surface area contributed by atoms with Crippen LogP contribution in [0.2, 0.25) is 0 Å². The molecule has 0 bridgehead atoms. The lowest BCUT2D eigenvalue weighted by atomic mass is 10.0. The minimum Gasteiger partial charge on any atom is -0.468 e. The number of unbranched alkanes of at least 4 members (excludes halogenated alkanes) is 1. The average Bonchev–Trinajstić information content (AvgIpc) is 2.45. The third-order valence-electron chi connectivity index (χ3n) is 3.71. The highest BCUT2D eigenvalue weighted by Crippen LogP contribution is 2.19. The Morgan fingerprint density at radius 2 is 2.16 bits per heavy atom. The van der Waals surface area contributed by atoms with Crippen molar-refractivity contribution in [2.75, 3.05) is 26.8 Å². The van der Waals surface area contributed by atoms with Crippen LogP contribution in [0.25, 0.3) is 0 Å². The first kappa shape index (κ1) is 16.4. The molecular weight excluding hydrogens is 242 g/mol. The molecule has 1 aliphatic rings. The zero-order valence-corrected chi connectivity index (χ0v) is 12.7. The van der Waals surface area contributed by atoms with Crippen molar-refractivity contribution < 1.29 is 14.3 Å². The predicted molar refractivity (Wildman–Crippen MR) is 76.2 cm³/mol. The first-order valence-electron chi connectivity index (χ1n) is 7.66. The van der Waals surface area contributed by atoms with E-state index in [1.165, 1.54) is 7.11 Å². The molecule has 0 spiro atoms. The molecule has 0 aromatic rings. The summed E-state index contributed by atoms with van der Waals surface area (Å²) in [6.07, 6.45) is 6.61. The Balaban J connectivity index is 2.53. The van der Waals surface area contributed by atoms with Crippen molar-refractivity contribution in [3.63, 3.8) is 0 Å². The zero-order valence-electron chi connectivity index (χ0n) is 12.7. The Morgan fingerprint density at radius 3 is 2.79 bits per heavy atom. The second-order valence-corrected chi connectivity index (χ2v) is 5.31. The van der Waals surface area contributed by atoms with Crippen LogP contribution >= 0.6 is 0 Å². The molecule has 0 aliphatic carbocycles. The topological polar surface area (TPSA) is 38.8 Å². The quantitative estimate of drug-likeness (QED) is 0.636. The molecule has 0 aromatic heterocycles. The minimum absolute atomic E-state index is 0.0852. The third-order valence-corrected chi connectivity index (χ3v) is 3.71. The Labute approximate surface area is 117 Å². The average molecular weight is 271 g/mol. The molecule has 2 unspecified atom stereocenters. The number of likely N-dealkylation sites (tertiary alicyclic amines) is 1. The number of piperidine rings is 1. The number of hydrogen-bond acceptors (Lipinski definition) is 4. The van der Waals surface area contributed by atoms with Crippen LogP contribution in [-0.2, 0) is 14.3 Å². The Hall–Kier alpha value is -0.610. The maximum atomic E-state index is 11.9. The number of carbonyl (C=O) groups is 1. The second kappa shape index (κ2) is 9.32. The van der Waals surface area contributed by atoms with Gasteiger partial charge in [-0.15, -0.1) is 0 Å². The standard InChI is InChI=1S/C15H29NO3/c1-4-6-9-14(15(17)18-3)16-10-7-8-13(12-16)19-11-5-2/h13-14H,4-12H2,1-3H3. The highest BCUT2D eigenvalue weighted by atomic mass is 16.5. The molecular formula is C15H29NO3. The van der Waals surface area contributed by atoms with Crippen LogP contribution in [0.4, 0.5) is 0 Å². The van der Waals surface area contributed by atoms with Crippen molar-refractivity contribution in [1.82, 2.24) is 4.90 Å². The minimum atomic E-state index is -0.0930. The third kappa shape index (κ3) is 5.49. The first-order valence-corrected chi connectivity index (χ1v) is 7.66. The number of ether oxygens (including phenoxy) is 2. The van der Waals surface area contributed by atoms with Crippen molar-refractivity contribution in [1.29, 1.82) is 0 Å². The van der Waals surface area contributed by atoms with Gasteiger partial charge in [-0.05, 0) is 32.2 Å². The summed E-state index contributed by atoms with van der Waals surface area (Å²) < 4.78 is 10.8. The largest absolute Gasteiger partial charge is 0.468 e. The van der Waals surface area contributed by atoms with Gasteiger partial charge in [0.2, 0.25) is 0 Å². The van der Waals surface area contributed by atoms with Gasteiger partial charge in [-0.2, -0.15) is 0 Å². The Kier molecular flexibility index (Phi) is 8.07. The summed E-state index contributed by atoms with van der Waals surface area (Å²) in [4.78, 5) is 14.2. The van der Waals surface area contributed by atoms with Crippen molar-refractivity contribution >= 4 is 5.97 Å². The lowest BCUT2D eigenvalue weighted by molar-refractivity contribution is -0.149. The molecule has 1 saturated heterocycles. The Bertz CT molecular complexity index is 258. The normalized spacial score (nSPS) is 22.2. The van der Waals surface area contributed by atoms with Crippen molar-refractivity contribution in [3.05, 3.63) is 0 Å². The molecule has 0 amide bonds. The number of methoxy groups -OCH3 is 1. The highest BCUT2D eigenvalue weighted by Gasteiger charge is 2.30. The molecule has 0 N–H and O–H groups in total. The molecule has 1 fully saturated rings. The van der Waals surface area contributed by atoms with Gasteiger partial charge in [-0.25, -0.2) is 0 Å². The van der Waals surface area contributed by atoms with E-state index < -0.39 is 0 Å². The summed E-state index contributed by atoms with van der Waals surface area (Å²) in [6, 6.07) is -0.0852. The van der Waals surface area contributed by atoms with Gasteiger partial charge < -0.3 is 9.47 Å². The maximum Gasteiger partial charge on any atom is 0.323 e. The molecule has 4 heteroatoms. The summed E-state index contributed by atoms with van der Waals surface area (Å²) >= 11 is 0. The first-order chi connectivity index (χ1) is 9.22. The number of hydrogen-bond donors (Lipinski definition) is 0. The van der Waals surface area contributed by atoms with E-state index in [2.05, 4.69) is 18.7 Å². The maximum absolute atomic E-state index is 11.9. The summed E-state index contributed by atoms with van der Waals surface area (Å²) in [5, 5.41) is 0. The lowest BCUT2D eigenvalue weighted by Gasteiger charge is -2.36. The monoisotopic (exact) mass is 271 g/mol. The van der Waals surface area contributed by atoms with Crippen LogP contribution < -0.4 is 0 Å². The molecule has 0 saturated carbocycles. The molecule has 112 valence electrons. The van der Waals surface area contributed by atoms with Gasteiger partial charge in [0.15, 0.2) is 0 Å². The molecule has 0 radical (unpaired) electrons. The molecule has 4 nitrogen and oxygen atoms in total. The predicted octanol–water partition coefficient (Wildman–Crippen LogP) is 2.61. The number of esters is 1. The van der Waals surface area contributed by atoms with E-state index in [9.17, 15) is 4.79 Å². The van der Waals surface area contributed by atoms with Gasteiger partial charge in [0, 0.05) is 13.2 Å². The fraction of sp³-hybridized carbons (Fsp3) is 0.933. The summed E-state index contributed by atoms with van der Waals surface area (Å²) in [5.74, 6) is -0.0930. The lowest BCUT2D eigenvalue weighted by Crippen LogP contribution is -2.49. The van der Waals surface area contributed by atoms with Gasteiger partial charge in [-0.3, -0.25) is 9.69 Å². The molecule has 1 rings (SSSR count). The van der Waals surface area contributed by atoms with Crippen LogP contribution in [0.5, 0.6) is 0 Å². The van der Waals surface area contributed by atoms with Gasteiger partial charge >= 0.3 is 5.97 Å². The number of rotatable bonds is 8. The van der Waals surface area contributed by atoms with E-state index in [4.69, 9.17) is 9.47 Å². The molecule has 1 aliphatic heterocycles. The summed E-state index contributed by atoms with van der Waals surface area (Å²) in [7, 11) is 1.48. The van der Waals surface area contributed by atoms with E-state index in [1.807, 2.05) is 0 Å². The van der Waals surface area contributed by atoms with Crippen molar-refractivity contribution in [3.8, 4) is 0 Å². The fourth-order valence-electron chi connectivity index (χ4n) is 2.65. The fourth-order valence-corrected chi connectivity index (χ4v) is 2.65. The highest BCUT2D eigenvalue weighted by molar-refractivity contribution is 5.75. The molecule has 1 heterocycles. The van der Waals surface area contributed by atoms with Crippen LogP contribution in [0.15, 0.2) is 0 Å². The van der Waals surface area contributed by atoms with Crippen molar-refractivity contribution in [2.45, 2.75) is 64.5 Å². The Morgan fingerprint density at radius 1 is 1.37 bits per heavy atom. The van der Waals surface area contributed by atoms with E-state index in [-0.39, 0.29) is 18.1 Å². The van der Waals surface area contributed by atoms with E-state index in [0.717, 1.165) is 58.2 Å². The molecule has 19 heavy (non-hydrogen) atoms. The van der Waals surface area contributed by atoms with Crippen LogP contribution in [0.3, 0.4) is 0 Å². The van der Waals surface area contributed by atoms with Crippen molar-refractivity contribution in [2.24, 2.45) is 0 Å². The van der Waals surface area contributed by atoms with Crippen LogP contribution in [0, 0.1) is 0 Å². The van der Waals surface area contributed by atoms with E-state index in [1.54, 1.807) is 0 Å². The molecule has 0 aromatic carbocycles. The van der Waals surface area contributed by atoms with Gasteiger partial charge in [0.25, 0.3) is 0 Å².